The molecule has 0 aliphatic heterocycles. The van der Waals surface area contributed by atoms with Crippen LogP contribution >= 0.6 is 11.6 Å². The predicted molar refractivity (Wildman–Crippen MR) is 169 cm³/mol. The number of rotatable bonds is 6. The number of phenols is 1. The zero-order chi connectivity index (χ0) is 29.5. The van der Waals surface area contributed by atoms with Crippen LogP contribution in [-0.4, -0.2) is 26.1 Å². The summed E-state index contributed by atoms with van der Waals surface area (Å²) in [6.45, 7) is 6.29. The van der Waals surface area contributed by atoms with E-state index in [1.54, 1.807) is 45.5 Å². The van der Waals surface area contributed by atoms with E-state index in [1.807, 2.05) is 67.0 Å². The number of phenolic OH excluding ortho intramolecular Hbond substituents is 1. The molecule has 0 bridgehead atoms. The minimum atomic E-state index is -0.149. The standard InChI is InChI=1S/C36H31ClN2O3/c1-22(2)30-20-38(32-12-8-7-11-28(30)32)36(42)25-13-16-34(40)26(18-25)17-23(3)31-21-39(33-15-14-27(37)19-29(31)33)35(41)24-9-5-4-6-10-24/h4-16,18-23,40H,17H2,1-3H3. The van der Waals surface area contributed by atoms with Crippen LogP contribution < -0.4 is 0 Å². The normalized spacial score (nSPS) is 12.3. The molecule has 1 atom stereocenters. The van der Waals surface area contributed by atoms with Crippen molar-refractivity contribution in [1.29, 1.82) is 0 Å². The van der Waals surface area contributed by atoms with E-state index in [1.165, 1.54) is 0 Å². The van der Waals surface area contributed by atoms with Crippen molar-refractivity contribution in [3.8, 4) is 5.75 Å². The maximum atomic E-state index is 13.8. The molecule has 4 aromatic carbocycles. The minimum Gasteiger partial charge on any atom is -0.508 e. The van der Waals surface area contributed by atoms with Gasteiger partial charge in [0.1, 0.15) is 5.75 Å². The Bertz CT molecular complexity index is 1970. The Morgan fingerprint density at radius 3 is 2.10 bits per heavy atom. The molecule has 0 amide bonds. The molecule has 6 aromatic rings. The van der Waals surface area contributed by atoms with Gasteiger partial charge in [0.2, 0.25) is 0 Å². The topological polar surface area (TPSA) is 64.2 Å². The summed E-state index contributed by atoms with van der Waals surface area (Å²) in [6.07, 6.45) is 4.25. The third-order valence-corrected chi connectivity index (χ3v) is 8.24. The molecule has 0 aliphatic carbocycles. The molecule has 2 heterocycles. The molecule has 0 fully saturated rings. The number of benzene rings is 4. The Labute approximate surface area is 249 Å². The van der Waals surface area contributed by atoms with Crippen LogP contribution in [0.3, 0.4) is 0 Å². The third kappa shape index (κ3) is 4.90. The number of nitrogens with zero attached hydrogens (tertiary/aromatic N) is 2. The van der Waals surface area contributed by atoms with Crippen molar-refractivity contribution in [1.82, 2.24) is 9.13 Å². The largest absolute Gasteiger partial charge is 0.508 e. The summed E-state index contributed by atoms with van der Waals surface area (Å²) in [6, 6.07) is 27.6. The molecule has 5 nitrogen and oxygen atoms in total. The van der Waals surface area contributed by atoms with Gasteiger partial charge in [-0.1, -0.05) is 68.8 Å². The van der Waals surface area contributed by atoms with Crippen molar-refractivity contribution in [2.24, 2.45) is 0 Å². The molecular formula is C36H31ClN2O3. The van der Waals surface area contributed by atoms with Crippen LogP contribution in [0, 0.1) is 0 Å². The van der Waals surface area contributed by atoms with E-state index in [0.717, 1.165) is 32.9 Å². The van der Waals surface area contributed by atoms with Crippen LogP contribution in [-0.2, 0) is 6.42 Å². The van der Waals surface area contributed by atoms with Crippen molar-refractivity contribution >= 4 is 45.2 Å². The molecular weight excluding hydrogens is 544 g/mol. The first-order chi connectivity index (χ1) is 20.2. The Balaban J connectivity index is 1.36. The quantitative estimate of drug-likeness (QED) is 0.216. The van der Waals surface area contributed by atoms with Crippen LogP contribution in [0.5, 0.6) is 5.75 Å². The number of aromatic nitrogens is 2. The maximum absolute atomic E-state index is 13.8. The van der Waals surface area contributed by atoms with Crippen LogP contribution in [0.4, 0.5) is 0 Å². The second-order valence-electron chi connectivity index (χ2n) is 11.2. The van der Waals surface area contributed by atoms with Gasteiger partial charge in [0.15, 0.2) is 0 Å². The summed E-state index contributed by atoms with van der Waals surface area (Å²) < 4.78 is 3.37. The fourth-order valence-corrected chi connectivity index (χ4v) is 5.98. The molecule has 210 valence electrons. The second-order valence-corrected chi connectivity index (χ2v) is 11.6. The fraction of sp³-hybridized carbons (Fsp3) is 0.167. The van der Waals surface area contributed by atoms with Crippen LogP contribution in [0.2, 0.25) is 5.02 Å². The van der Waals surface area contributed by atoms with Gasteiger partial charge in [-0.2, -0.15) is 0 Å². The van der Waals surface area contributed by atoms with E-state index >= 15 is 0 Å². The SMILES string of the molecule is CC(C)c1cn(C(=O)c2ccc(O)c(CC(C)c3cn(C(=O)c4ccccc4)c4ccc(Cl)cc34)c2)c2ccccc12. The molecule has 6 rings (SSSR count). The van der Waals surface area contributed by atoms with E-state index < -0.39 is 0 Å². The summed E-state index contributed by atoms with van der Waals surface area (Å²) in [5, 5.41) is 13.4. The highest BCUT2D eigenvalue weighted by Crippen LogP contribution is 2.35. The molecule has 2 aromatic heterocycles. The average molecular weight is 575 g/mol. The molecule has 0 aliphatic rings. The Kier molecular flexibility index (Phi) is 7.21. The molecule has 0 radical (unpaired) electrons. The lowest BCUT2D eigenvalue weighted by molar-refractivity contribution is 0.0956. The number of aromatic hydroxyl groups is 1. The summed E-state index contributed by atoms with van der Waals surface area (Å²) in [5.41, 5.74) is 5.43. The lowest BCUT2D eigenvalue weighted by Crippen LogP contribution is -2.11. The van der Waals surface area contributed by atoms with Gasteiger partial charge in [-0.15, -0.1) is 0 Å². The van der Waals surface area contributed by atoms with E-state index in [-0.39, 0.29) is 29.4 Å². The molecule has 0 saturated carbocycles. The van der Waals surface area contributed by atoms with Crippen LogP contribution in [0.15, 0.2) is 103 Å². The zero-order valence-electron chi connectivity index (χ0n) is 23.7. The van der Waals surface area contributed by atoms with E-state index in [9.17, 15) is 14.7 Å². The second kappa shape index (κ2) is 11.0. The van der Waals surface area contributed by atoms with Gasteiger partial charge in [-0.25, -0.2) is 0 Å². The molecule has 1 N–H and O–H groups in total. The van der Waals surface area contributed by atoms with Crippen molar-refractivity contribution < 1.29 is 14.7 Å². The number of halogens is 1. The smallest absolute Gasteiger partial charge is 0.262 e. The third-order valence-electron chi connectivity index (χ3n) is 8.00. The van der Waals surface area contributed by atoms with Gasteiger partial charge in [0.25, 0.3) is 11.8 Å². The molecule has 0 saturated heterocycles. The first-order valence-electron chi connectivity index (χ1n) is 14.1. The summed E-state index contributed by atoms with van der Waals surface area (Å²) in [5.74, 6) is 0.0257. The van der Waals surface area contributed by atoms with Gasteiger partial charge in [-0.05, 0) is 89.5 Å². The maximum Gasteiger partial charge on any atom is 0.262 e. The number of carbonyl (C=O) groups excluding carboxylic acids is 2. The molecule has 42 heavy (non-hydrogen) atoms. The van der Waals surface area contributed by atoms with Crippen molar-refractivity contribution in [2.75, 3.05) is 0 Å². The minimum absolute atomic E-state index is 0.0907. The molecule has 6 heteroatoms. The Morgan fingerprint density at radius 1 is 0.714 bits per heavy atom. The molecule has 1 unspecified atom stereocenters. The number of fused-ring (bicyclic) bond motifs is 2. The summed E-state index contributed by atoms with van der Waals surface area (Å²) >= 11 is 6.39. The van der Waals surface area contributed by atoms with Gasteiger partial charge >= 0.3 is 0 Å². The Hall–Kier alpha value is -4.61. The highest BCUT2D eigenvalue weighted by Gasteiger charge is 2.22. The lowest BCUT2D eigenvalue weighted by Gasteiger charge is -2.14. The monoisotopic (exact) mass is 574 g/mol. The van der Waals surface area contributed by atoms with Crippen LogP contribution in [0.1, 0.15) is 70.0 Å². The molecule has 0 spiro atoms. The van der Waals surface area contributed by atoms with Crippen LogP contribution in [0.25, 0.3) is 21.8 Å². The number of carbonyl (C=O) groups is 2. The van der Waals surface area contributed by atoms with Crippen molar-refractivity contribution in [2.45, 2.75) is 39.0 Å². The van der Waals surface area contributed by atoms with Crippen molar-refractivity contribution in [3.05, 3.63) is 136 Å². The van der Waals surface area contributed by atoms with E-state index in [0.29, 0.717) is 28.1 Å². The van der Waals surface area contributed by atoms with Gasteiger partial charge in [-0.3, -0.25) is 18.7 Å². The summed E-state index contributed by atoms with van der Waals surface area (Å²) in [7, 11) is 0. The van der Waals surface area contributed by atoms with Gasteiger partial charge in [0, 0.05) is 39.3 Å². The number of para-hydroxylation sites is 1. The number of hydrogen-bond acceptors (Lipinski definition) is 3. The highest BCUT2D eigenvalue weighted by molar-refractivity contribution is 6.31. The summed E-state index contributed by atoms with van der Waals surface area (Å²) in [4.78, 5) is 27.2. The first-order valence-corrected chi connectivity index (χ1v) is 14.5. The first kappa shape index (κ1) is 27.6. The highest BCUT2D eigenvalue weighted by atomic mass is 35.5. The van der Waals surface area contributed by atoms with Gasteiger partial charge < -0.3 is 5.11 Å². The van der Waals surface area contributed by atoms with Crippen molar-refractivity contribution in [3.63, 3.8) is 0 Å². The van der Waals surface area contributed by atoms with E-state index in [2.05, 4.69) is 20.8 Å². The fourth-order valence-electron chi connectivity index (χ4n) is 5.80. The lowest BCUT2D eigenvalue weighted by atomic mass is 9.92. The van der Waals surface area contributed by atoms with Gasteiger partial charge in [0.05, 0.1) is 11.0 Å². The zero-order valence-corrected chi connectivity index (χ0v) is 24.5. The van der Waals surface area contributed by atoms with E-state index in [4.69, 9.17) is 11.6 Å². The average Bonchev–Trinajstić information content (AvgIpc) is 3.57. The Morgan fingerprint density at radius 2 is 1.36 bits per heavy atom. The number of hydrogen-bond donors (Lipinski definition) is 1. The predicted octanol–water partition coefficient (Wildman–Crippen LogP) is 8.80.